The highest BCUT2D eigenvalue weighted by Crippen LogP contribution is 2.27. The summed E-state index contributed by atoms with van der Waals surface area (Å²) in [6.07, 6.45) is 2.36. The molecular formula is C14H25N5OS. The standard InChI is InChI=1S/C14H25N5OS/c1-4-18(3)14-17-12(15)11(21-14)13(20)16-9-10-7-6-8-19(10)5-2/h10H,4-9,15H2,1-3H3,(H,16,20). The number of nitrogens with two attached hydrogens (primary N) is 1. The molecule has 0 aliphatic carbocycles. The molecule has 1 atom stereocenters. The number of anilines is 2. The van der Waals surface area contributed by atoms with Gasteiger partial charge in [-0.15, -0.1) is 0 Å². The van der Waals surface area contributed by atoms with Crippen molar-refractivity contribution in [2.24, 2.45) is 0 Å². The van der Waals surface area contributed by atoms with Crippen LogP contribution in [-0.2, 0) is 0 Å². The molecule has 3 N–H and O–H groups in total. The number of likely N-dealkylation sites (N-methyl/N-ethyl adjacent to an activating group) is 1. The number of hydrogen-bond acceptors (Lipinski definition) is 6. The number of aromatic nitrogens is 1. The topological polar surface area (TPSA) is 74.5 Å². The minimum Gasteiger partial charge on any atom is -0.382 e. The van der Waals surface area contributed by atoms with Crippen LogP contribution in [0.15, 0.2) is 0 Å². The molecule has 0 aromatic carbocycles. The van der Waals surface area contributed by atoms with Gasteiger partial charge in [0.25, 0.3) is 5.91 Å². The van der Waals surface area contributed by atoms with Crippen LogP contribution in [0, 0.1) is 0 Å². The van der Waals surface area contributed by atoms with Crippen molar-refractivity contribution >= 4 is 28.2 Å². The molecule has 21 heavy (non-hydrogen) atoms. The van der Waals surface area contributed by atoms with Gasteiger partial charge >= 0.3 is 0 Å². The first-order valence-electron chi connectivity index (χ1n) is 7.56. The number of thiazole rings is 1. The zero-order chi connectivity index (χ0) is 15.4. The van der Waals surface area contributed by atoms with E-state index in [1.807, 2.05) is 18.9 Å². The van der Waals surface area contributed by atoms with Crippen molar-refractivity contribution < 1.29 is 4.79 Å². The quantitative estimate of drug-likeness (QED) is 0.830. The van der Waals surface area contributed by atoms with Crippen LogP contribution >= 0.6 is 11.3 Å². The molecule has 2 heterocycles. The highest BCUT2D eigenvalue weighted by atomic mass is 32.1. The van der Waals surface area contributed by atoms with Crippen LogP contribution in [0.5, 0.6) is 0 Å². The van der Waals surface area contributed by atoms with Crippen LogP contribution in [0.25, 0.3) is 0 Å². The Morgan fingerprint density at radius 1 is 1.57 bits per heavy atom. The van der Waals surface area contributed by atoms with Gasteiger partial charge in [0, 0.05) is 26.2 Å². The van der Waals surface area contributed by atoms with Crippen LogP contribution in [0.2, 0.25) is 0 Å². The third-order valence-electron chi connectivity index (χ3n) is 4.05. The summed E-state index contributed by atoms with van der Waals surface area (Å²) in [6, 6.07) is 0.450. The number of nitrogen functional groups attached to an aromatic ring is 1. The zero-order valence-electron chi connectivity index (χ0n) is 13.1. The summed E-state index contributed by atoms with van der Waals surface area (Å²) in [5, 5.41) is 3.80. The highest BCUT2D eigenvalue weighted by Gasteiger charge is 2.24. The maximum atomic E-state index is 12.3. The molecule has 1 aromatic heterocycles. The van der Waals surface area contributed by atoms with Gasteiger partial charge in [-0.1, -0.05) is 18.3 Å². The van der Waals surface area contributed by atoms with E-state index in [1.54, 1.807) is 0 Å². The molecule has 7 heteroatoms. The molecule has 0 saturated carbocycles. The van der Waals surface area contributed by atoms with E-state index < -0.39 is 0 Å². The van der Waals surface area contributed by atoms with E-state index in [9.17, 15) is 4.79 Å². The average Bonchev–Trinajstić information content (AvgIpc) is 3.09. The molecule has 0 bridgehead atoms. The van der Waals surface area contributed by atoms with Crippen molar-refractivity contribution in [3.63, 3.8) is 0 Å². The van der Waals surface area contributed by atoms with Crippen molar-refractivity contribution in [3.8, 4) is 0 Å². The average molecular weight is 311 g/mol. The van der Waals surface area contributed by atoms with E-state index in [0.717, 1.165) is 31.2 Å². The van der Waals surface area contributed by atoms with E-state index in [4.69, 9.17) is 5.73 Å². The molecule has 1 aliphatic rings. The minimum absolute atomic E-state index is 0.108. The summed E-state index contributed by atoms with van der Waals surface area (Å²) in [5.41, 5.74) is 5.87. The Kier molecular flexibility index (Phi) is 5.41. The molecular weight excluding hydrogens is 286 g/mol. The van der Waals surface area contributed by atoms with Crippen LogP contribution in [0.3, 0.4) is 0 Å². The largest absolute Gasteiger partial charge is 0.382 e. The summed E-state index contributed by atoms with van der Waals surface area (Å²) in [4.78, 5) is 21.5. The van der Waals surface area contributed by atoms with Crippen molar-refractivity contribution in [3.05, 3.63) is 4.88 Å². The van der Waals surface area contributed by atoms with Crippen molar-refractivity contribution in [2.45, 2.75) is 32.7 Å². The van der Waals surface area contributed by atoms with Crippen molar-refractivity contribution in [1.82, 2.24) is 15.2 Å². The molecule has 1 aromatic rings. The molecule has 1 unspecified atom stereocenters. The Balaban J connectivity index is 1.95. The maximum absolute atomic E-state index is 12.3. The fourth-order valence-electron chi connectivity index (χ4n) is 2.61. The highest BCUT2D eigenvalue weighted by molar-refractivity contribution is 7.18. The lowest BCUT2D eigenvalue weighted by molar-refractivity contribution is 0.0946. The lowest BCUT2D eigenvalue weighted by Crippen LogP contribution is -2.40. The van der Waals surface area contributed by atoms with Gasteiger partial charge in [-0.25, -0.2) is 4.98 Å². The van der Waals surface area contributed by atoms with Gasteiger partial charge in [0.2, 0.25) is 0 Å². The number of nitrogens with one attached hydrogen (secondary N) is 1. The van der Waals surface area contributed by atoms with Crippen LogP contribution in [0.1, 0.15) is 36.4 Å². The van der Waals surface area contributed by atoms with E-state index in [0.29, 0.717) is 23.3 Å². The molecule has 2 rings (SSSR count). The summed E-state index contributed by atoms with van der Waals surface area (Å²) in [5.74, 6) is 0.218. The number of likely N-dealkylation sites (tertiary alicyclic amines) is 1. The first kappa shape index (κ1) is 16.0. The predicted octanol–water partition coefficient (Wildman–Crippen LogP) is 1.40. The Hall–Kier alpha value is -1.34. The minimum atomic E-state index is -0.108. The third kappa shape index (κ3) is 3.65. The monoisotopic (exact) mass is 311 g/mol. The van der Waals surface area contributed by atoms with Gasteiger partial charge in [0.1, 0.15) is 10.7 Å². The first-order valence-corrected chi connectivity index (χ1v) is 8.38. The van der Waals surface area contributed by atoms with E-state index in [1.165, 1.54) is 17.8 Å². The number of nitrogens with zero attached hydrogens (tertiary/aromatic N) is 3. The Bertz CT molecular complexity index is 490. The second kappa shape index (κ2) is 7.09. The van der Waals surface area contributed by atoms with Gasteiger partial charge in [-0.2, -0.15) is 0 Å². The second-order valence-corrected chi connectivity index (χ2v) is 6.34. The zero-order valence-corrected chi connectivity index (χ0v) is 13.9. The fraction of sp³-hybridized carbons (Fsp3) is 0.714. The smallest absolute Gasteiger partial charge is 0.265 e. The summed E-state index contributed by atoms with van der Waals surface area (Å²) >= 11 is 1.35. The molecule has 1 fully saturated rings. The molecule has 1 aliphatic heterocycles. The van der Waals surface area contributed by atoms with Gasteiger partial charge < -0.3 is 16.0 Å². The number of rotatable bonds is 6. The first-order chi connectivity index (χ1) is 10.1. The Morgan fingerprint density at radius 3 is 3.00 bits per heavy atom. The summed E-state index contributed by atoms with van der Waals surface area (Å²) < 4.78 is 0. The van der Waals surface area contributed by atoms with E-state index >= 15 is 0 Å². The maximum Gasteiger partial charge on any atom is 0.265 e. The van der Waals surface area contributed by atoms with Gasteiger partial charge in [-0.05, 0) is 32.9 Å². The Morgan fingerprint density at radius 2 is 2.33 bits per heavy atom. The number of amides is 1. The lowest BCUT2D eigenvalue weighted by atomic mass is 10.2. The summed E-state index contributed by atoms with van der Waals surface area (Å²) in [7, 11) is 1.94. The number of carbonyl (C=O) groups excluding carboxylic acids is 1. The molecule has 1 saturated heterocycles. The molecule has 0 spiro atoms. The van der Waals surface area contributed by atoms with Crippen LogP contribution < -0.4 is 16.0 Å². The van der Waals surface area contributed by atoms with Gasteiger partial charge in [0.05, 0.1) is 0 Å². The molecule has 6 nitrogen and oxygen atoms in total. The van der Waals surface area contributed by atoms with Gasteiger partial charge in [-0.3, -0.25) is 9.69 Å². The SMILES string of the molecule is CCN(C)c1nc(N)c(C(=O)NCC2CCCN2CC)s1. The number of hydrogen-bond donors (Lipinski definition) is 2. The van der Waals surface area contributed by atoms with Crippen molar-refractivity contribution in [2.75, 3.05) is 43.9 Å². The number of carbonyl (C=O) groups is 1. The summed E-state index contributed by atoms with van der Waals surface area (Å²) in [6.45, 7) is 7.88. The van der Waals surface area contributed by atoms with E-state index in [2.05, 4.69) is 22.1 Å². The molecule has 0 radical (unpaired) electrons. The van der Waals surface area contributed by atoms with E-state index in [-0.39, 0.29) is 5.91 Å². The third-order valence-corrected chi connectivity index (χ3v) is 5.24. The van der Waals surface area contributed by atoms with Crippen LogP contribution in [0.4, 0.5) is 10.9 Å². The Labute approximate surface area is 130 Å². The predicted molar refractivity (Wildman–Crippen MR) is 88.1 cm³/mol. The molecule has 118 valence electrons. The fourth-order valence-corrected chi connectivity index (χ4v) is 3.54. The normalized spacial score (nSPS) is 18.9. The lowest BCUT2D eigenvalue weighted by Gasteiger charge is -2.22. The second-order valence-electron chi connectivity index (χ2n) is 5.36. The van der Waals surface area contributed by atoms with Crippen molar-refractivity contribution in [1.29, 1.82) is 0 Å². The van der Waals surface area contributed by atoms with Crippen LogP contribution in [-0.4, -0.2) is 55.1 Å². The molecule has 1 amide bonds. The van der Waals surface area contributed by atoms with Gasteiger partial charge in [0.15, 0.2) is 5.13 Å².